The third-order valence-electron chi connectivity index (χ3n) is 11.2. The minimum Gasteiger partial charge on any atom is -0.491 e. The molecule has 0 atom stereocenters. The number of carbonyl (C=O) groups is 1. The van der Waals surface area contributed by atoms with Crippen LogP contribution >= 0.6 is 0 Å². The van der Waals surface area contributed by atoms with Gasteiger partial charge in [-0.3, -0.25) is 0 Å². The minimum absolute atomic E-state index is 0.0330. The van der Waals surface area contributed by atoms with E-state index in [0.717, 1.165) is 12.2 Å². The molecular formula is C55H85NO15. The van der Waals surface area contributed by atoms with Gasteiger partial charge in [-0.25, -0.2) is 4.79 Å². The van der Waals surface area contributed by atoms with E-state index in [1.54, 1.807) is 0 Å². The summed E-state index contributed by atoms with van der Waals surface area (Å²) in [7, 11) is 0. The van der Waals surface area contributed by atoms with E-state index in [0.29, 0.717) is 172 Å². The van der Waals surface area contributed by atoms with Gasteiger partial charge >= 0.3 is 6.09 Å². The second-order valence-corrected chi connectivity index (χ2v) is 16.6. The second-order valence-electron chi connectivity index (χ2n) is 16.6. The molecule has 1 aliphatic rings. The summed E-state index contributed by atoms with van der Waals surface area (Å²) in [6, 6.07) is 25.0. The molecule has 16 nitrogen and oxygen atoms in total. The molecule has 0 unspecified atom stereocenters. The van der Waals surface area contributed by atoms with Crippen LogP contribution in [-0.4, -0.2) is 184 Å². The summed E-state index contributed by atoms with van der Waals surface area (Å²) in [6.45, 7) is 15.0. The number of alkyl carbamates (subject to hydrolysis) is 1. The van der Waals surface area contributed by atoms with Gasteiger partial charge in [0, 0.05) is 12.5 Å². The molecule has 1 aliphatic carbocycles. The first-order valence-corrected chi connectivity index (χ1v) is 26.0. The van der Waals surface area contributed by atoms with Crippen molar-refractivity contribution >= 4 is 6.09 Å². The summed E-state index contributed by atoms with van der Waals surface area (Å²) in [5.41, 5.74) is 6.14. The van der Waals surface area contributed by atoms with Crippen LogP contribution < -0.4 is 10.1 Å². The average molecular weight is 1000 g/mol. The maximum Gasteiger partial charge on any atom is 0.407 e. The third-order valence-corrected chi connectivity index (χ3v) is 11.2. The van der Waals surface area contributed by atoms with Crippen LogP contribution in [0.2, 0.25) is 0 Å². The van der Waals surface area contributed by atoms with Crippen molar-refractivity contribution in [1.82, 2.24) is 5.32 Å². The quantitative estimate of drug-likeness (QED) is 0.0548. The summed E-state index contributed by atoms with van der Waals surface area (Å²) >= 11 is 0. The normalized spacial score (nSPS) is 12.1. The van der Waals surface area contributed by atoms with Crippen LogP contribution in [0, 0.1) is 0 Å². The minimum atomic E-state index is -0.454. The number of amides is 1. The molecule has 71 heavy (non-hydrogen) atoms. The first-order chi connectivity index (χ1) is 35.3. The number of carbonyl (C=O) groups excluding carboxylic acids is 1. The second kappa shape index (κ2) is 42.7. The first kappa shape index (κ1) is 59.8. The smallest absolute Gasteiger partial charge is 0.407 e. The highest BCUT2D eigenvalue weighted by Crippen LogP contribution is 2.44. The Balaban J connectivity index is 0.749. The highest BCUT2D eigenvalue weighted by atomic mass is 16.6. The van der Waals surface area contributed by atoms with Crippen LogP contribution in [0.3, 0.4) is 0 Å². The van der Waals surface area contributed by atoms with E-state index in [1.807, 2.05) is 36.4 Å². The number of ether oxygens (including phenoxy) is 14. The molecule has 0 fully saturated rings. The van der Waals surface area contributed by atoms with E-state index >= 15 is 0 Å². The van der Waals surface area contributed by atoms with E-state index in [9.17, 15) is 4.79 Å². The van der Waals surface area contributed by atoms with E-state index in [2.05, 4.69) is 48.6 Å². The summed E-state index contributed by atoms with van der Waals surface area (Å²) < 4.78 is 77.9. The van der Waals surface area contributed by atoms with Crippen molar-refractivity contribution in [2.75, 3.05) is 178 Å². The Bertz CT molecular complexity index is 1660. The standard InChI is InChI=1S/C55H85NO15/c1-2-3-4-5-6-7-12-48-17-19-49(20-18-48)70-46-45-69-44-43-68-42-41-67-40-39-66-38-37-65-36-35-64-34-33-63-32-31-62-30-29-61-28-27-60-26-25-59-24-23-58-22-21-56-55(57)71-47-54-52-15-10-8-13-50(52)51-14-9-11-16-53(51)54/h8-11,13-20,54H,2-7,12,21-47H2,1H3,(H,56,57). The van der Waals surface area contributed by atoms with E-state index in [1.165, 1.54) is 66.3 Å². The van der Waals surface area contributed by atoms with Crippen molar-refractivity contribution in [3.8, 4) is 16.9 Å². The summed E-state index contributed by atoms with van der Waals surface area (Å²) in [5.74, 6) is 0.913. The molecule has 3 aromatic carbocycles. The van der Waals surface area contributed by atoms with Gasteiger partial charge in [0.25, 0.3) is 0 Å². The maximum absolute atomic E-state index is 12.3. The Morgan fingerprint density at radius 3 is 1.17 bits per heavy atom. The van der Waals surface area contributed by atoms with Crippen molar-refractivity contribution < 1.29 is 71.1 Å². The first-order valence-electron chi connectivity index (χ1n) is 26.0. The molecule has 4 rings (SSSR count). The van der Waals surface area contributed by atoms with Gasteiger partial charge in [0.1, 0.15) is 19.0 Å². The van der Waals surface area contributed by atoms with Gasteiger partial charge in [-0.15, -0.1) is 0 Å². The predicted molar refractivity (Wildman–Crippen MR) is 272 cm³/mol. The lowest BCUT2D eigenvalue weighted by Crippen LogP contribution is -2.29. The lowest BCUT2D eigenvalue weighted by Gasteiger charge is -2.14. The fourth-order valence-corrected chi connectivity index (χ4v) is 7.48. The zero-order valence-electron chi connectivity index (χ0n) is 42.7. The predicted octanol–water partition coefficient (Wildman–Crippen LogP) is 7.71. The monoisotopic (exact) mass is 1000 g/mol. The molecular weight excluding hydrogens is 915 g/mol. The van der Waals surface area contributed by atoms with E-state index < -0.39 is 6.09 Å². The van der Waals surface area contributed by atoms with Crippen LogP contribution in [0.15, 0.2) is 72.8 Å². The summed E-state index contributed by atoms with van der Waals surface area (Å²) in [6.07, 6.45) is 8.60. The van der Waals surface area contributed by atoms with Crippen molar-refractivity contribution in [2.24, 2.45) is 0 Å². The van der Waals surface area contributed by atoms with E-state index in [4.69, 9.17) is 66.3 Å². The highest BCUT2D eigenvalue weighted by molar-refractivity contribution is 5.79. The number of fused-ring (bicyclic) bond motifs is 3. The van der Waals surface area contributed by atoms with Gasteiger partial charge in [-0.1, -0.05) is 99.7 Å². The summed E-state index contributed by atoms with van der Waals surface area (Å²) in [5, 5.41) is 2.75. The Morgan fingerprint density at radius 1 is 0.408 bits per heavy atom. The van der Waals surface area contributed by atoms with Crippen molar-refractivity contribution in [1.29, 1.82) is 0 Å². The van der Waals surface area contributed by atoms with Gasteiger partial charge in [-0.05, 0) is 52.8 Å². The van der Waals surface area contributed by atoms with Crippen LogP contribution in [0.25, 0.3) is 11.1 Å². The molecule has 0 aliphatic heterocycles. The molecule has 0 heterocycles. The fraction of sp³-hybridized carbons (Fsp3) is 0.655. The van der Waals surface area contributed by atoms with Crippen LogP contribution in [-0.2, 0) is 68.0 Å². The molecule has 400 valence electrons. The molecule has 0 saturated heterocycles. The topological polar surface area (TPSA) is 158 Å². The number of nitrogens with one attached hydrogen (secondary N) is 1. The van der Waals surface area contributed by atoms with Crippen molar-refractivity contribution in [3.63, 3.8) is 0 Å². The molecule has 0 saturated carbocycles. The van der Waals surface area contributed by atoms with Gasteiger partial charge in [-0.2, -0.15) is 0 Å². The zero-order valence-corrected chi connectivity index (χ0v) is 42.7. The molecule has 0 aromatic heterocycles. The van der Waals surface area contributed by atoms with E-state index in [-0.39, 0.29) is 12.5 Å². The molecule has 1 N–H and O–H groups in total. The Morgan fingerprint density at radius 2 is 0.761 bits per heavy atom. The van der Waals surface area contributed by atoms with Gasteiger partial charge < -0.3 is 71.6 Å². The van der Waals surface area contributed by atoms with Gasteiger partial charge in [0.2, 0.25) is 0 Å². The number of hydrogen-bond acceptors (Lipinski definition) is 15. The highest BCUT2D eigenvalue weighted by Gasteiger charge is 2.29. The average Bonchev–Trinajstić information content (AvgIpc) is 3.72. The Hall–Kier alpha value is -3.75. The van der Waals surface area contributed by atoms with Crippen LogP contribution in [0.5, 0.6) is 5.75 Å². The zero-order chi connectivity index (χ0) is 49.8. The lowest BCUT2D eigenvalue weighted by atomic mass is 9.98. The fourth-order valence-electron chi connectivity index (χ4n) is 7.48. The Kier molecular flexibility index (Phi) is 36.0. The molecule has 0 radical (unpaired) electrons. The van der Waals surface area contributed by atoms with Crippen LogP contribution in [0.4, 0.5) is 4.79 Å². The number of hydrogen-bond donors (Lipinski definition) is 1. The SMILES string of the molecule is CCCCCCCCc1ccc(OCCOCCOCCOCCOCCOCCOCCOCCOCCOCCOCCOCCOCCNC(=O)OCC2c3ccccc3-c3ccccc32)cc1. The number of aryl methyl sites for hydroxylation is 1. The molecule has 0 bridgehead atoms. The largest absolute Gasteiger partial charge is 0.491 e. The molecule has 16 heteroatoms. The van der Waals surface area contributed by atoms with Crippen molar-refractivity contribution in [2.45, 2.75) is 57.8 Å². The maximum atomic E-state index is 12.3. The molecule has 0 spiro atoms. The van der Waals surface area contributed by atoms with Gasteiger partial charge in [0.05, 0.1) is 159 Å². The number of unbranched alkanes of at least 4 members (excludes halogenated alkanes) is 5. The number of rotatable bonds is 49. The molecule has 3 aromatic rings. The lowest BCUT2D eigenvalue weighted by molar-refractivity contribution is -0.0285. The summed E-state index contributed by atoms with van der Waals surface area (Å²) in [4.78, 5) is 12.3. The third kappa shape index (κ3) is 29.5. The van der Waals surface area contributed by atoms with Crippen LogP contribution in [0.1, 0.15) is 68.1 Å². The van der Waals surface area contributed by atoms with Gasteiger partial charge in [0.15, 0.2) is 0 Å². The number of benzene rings is 3. The molecule has 1 amide bonds. The Labute approximate surface area is 423 Å². The van der Waals surface area contributed by atoms with Crippen molar-refractivity contribution in [3.05, 3.63) is 89.5 Å².